The van der Waals surface area contributed by atoms with Crippen molar-refractivity contribution in [1.82, 2.24) is 4.98 Å². The highest BCUT2D eigenvalue weighted by molar-refractivity contribution is 5.76. The number of hydrogen-bond donors (Lipinski definition) is 1. The average Bonchev–Trinajstić information content (AvgIpc) is 2.77. The van der Waals surface area contributed by atoms with Gasteiger partial charge in [-0.15, -0.1) is 0 Å². The lowest BCUT2D eigenvalue weighted by atomic mass is 9.98. The van der Waals surface area contributed by atoms with E-state index in [9.17, 15) is 18.8 Å². The van der Waals surface area contributed by atoms with E-state index in [1.807, 2.05) is 6.07 Å². The number of aryl methyl sites for hydroxylation is 1. The topological polar surface area (TPSA) is 92.4 Å². The largest absolute Gasteiger partial charge is 0.487 e. The molecule has 0 fully saturated rings. The Labute approximate surface area is 177 Å². The number of hydrogen-bond acceptors (Lipinski definition) is 5. The summed E-state index contributed by atoms with van der Waals surface area (Å²) in [6, 6.07) is 17.4. The zero-order valence-corrected chi connectivity index (χ0v) is 16.5. The minimum atomic E-state index is -4.25. The van der Waals surface area contributed by atoms with Crippen LogP contribution in [0.3, 0.4) is 0 Å². The molecule has 158 valence electrons. The Balaban J connectivity index is 1.95. The van der Waals surface area contributed by atoms with E-state index in [2.05, 4.69) is 4.98 Å². The van der Waals surface area contributed by atoms with E-state index in [0.29, 0.717) is 11.3 Å². The van der Waals surface area contributed by atoms with Crippen molar-refractivity contribution >= 4 is 5.97 Å². The zero-order valence-electron chi connectivity index (χ0n) is 16.5. The third-order valence-corrected chi connectivity index (χ3v) is 4.52. The molecule has 1 atom stereocenters. The summed E-state index contributed by atoms with van der Waals surface area (Å²) in [5.41, 5.74) is 1.03. The molecule has 0 aliphatic rings. The fourth-order valence-corrected chi connectivity index (χ4v) is 2.88. The maximum Gasteiger partial charge on any atom is 0.382 e. The van der Waals surface area contributed by atoms with E-state index >= 15 is 0 Å². The Morgan fingerprint density at radius 1 is 1.19 bits per heavy atom. The van der Waals surface area contributed by atoms with Crippen LogP contribution < -0.4 is 9.47 Å². The molecule has 1 heterocycles. The van der Waals surface area contributed by atoms with Crippen molar-refractivity contribution < 1.29 is 28.2 Å². The van der Waals surface area contributed by atoms with Crippen LogP contribution in [0, 0.1) is 18.3 Å². The summed E-state index contributed by atoms with van der Waals surface area (Å²) in [6.45, 7) is 1.68. The lowest BCUT2D eigenvalue weighted by Gasteiger charge is -2.26. The van der Waals surface area contributed by atoms with Crippen LogP contribution in [0.2, 0.25) is 0 Å². The Hall–Kier alpha value is -3.99. The maximum atomic E-state index is 14.6. The molecule has 0 saturated heterocycles. The van der Waals surface area contributed by atoms with Gasteiger partial charge in [-0.2, -0.15) is 14.0 Å². The first-order valence-corrected chi connectivity index (χ1v) is 9.23. The van der Waals surface area contributed by atoms with Gasteiger partial charge in [0, 0.05) is 17.8 Å². The van der Waals surface area contributed by atoms with Crippen LogP contribution in [0.25, 0.3) is 0 Å². The van der Waals surface area contributed by atoms with Gasteiger partial charge in [-0.25, -0.2) is 4.79 Å². The minimum Gasteiger partial charge on any atom is -0.487 e. The summed E-state index contributed by atoms with van der Waals surface area (Å²) < 4.78 is 40.3. The molecule has 8 heteroatoms. The molecule has 31 heavy (non-hydrogen) atoms. The summed E-state index contributed by atoms with van der Waals surface area (Å²) in [4.78, 5) is 15.4. The number of aliphatic carboxylic acids is 1. The quantitative estimate of drug-likeness (QED) is 0.564. The van der Waals surface area contributed by atoms with Gasteiger partial charge in [0.15, 0.2) is 6.10 Å². The summed E-state index contributed by atoms with van der Waals surface area (Å²) in [7, 11) is 0. The van der Waals surface area contributed by atoms with Gasteiger partial charge in [0.2, 0.25) is 0 Å². The van der Waals surface area contributed by atoms with E-state index in [4.69, 9.17) is 14.6 Å². The van der Waals surface area contributed by atoms with Crippen LogP contribution >= 0.6 is 0 Å². The second-order valence-electron chi connectivity index (χ2n) is 6.66. The summed E-state index contributed by atoms with van der Waals surface area (Å²) >= 11 is 0. The van der Waals surface area contributed by atoms with E-state index < -0.39 is 18.0 Å². The van der Waals surface area contributed by atoms with Crippen molar-refractivity contribution in [3.63, 3.8) is 0 Å². The molecule has 1 N–H and O–H groups in total. The van der Waals surface area contributed by atoms with E-state index in [0.717, 1.165) is 0 Å². The average molecular weight is 424 g/mol. The number of alkyl halides is 2. The van der Waals surface area contributed by atoms with Gasteiger partial charge in [0.1, 0.15) is 24.2 Å². The monoisotopic (exact) mass is 424 g/mol. The van der Waals surface area contributed by atoms with Crippen molar-refractivity contribution in [1.29, 1.82) is 5.26 Å². The first-order valence-electron chi connectivity index (χ1n) is 9.23. The van der Waals surface area contributed by atoms with Gasteiger partial charge in [0.05, 0.1) is 11.3 Å². The molecule has 3 aromatic rings. The first kappa shape index (κ1) is 21.7. The standard InChI is InChI=1S/C23H18F2N2O4/c1-15-6-2-3-8-19(15)21(23(24,25)22(28)29)31-20-12-18(10-9-16(20)13-26)30-14-17-7-4-5-11-27-17/h2-12,21H,14H2,1H3,(H,28,29). The van der Waals surface area contributed by atoms with Gasteiger partial charge in [-0.3, -0.25) is 4.98 Å². The molecular weight excluding hydrogens is 406 g/mol. The van der Waals surface area contributed by atoms with E-state index in [-0.39, 0.29) is 29.2 Å². The molecule has 2 aromatic carbocycles. The second-order valence-corrected chi connectivity index (χ2v) is 6.66. The van der Waals surface area contributed by atoms with Gasteiger partial charge in [-0.05, 0) is 36.8 Å². The Morgan fingerprint density at radius 3 is 2.58 bits per heavy atom. The lowest BCUT2D eigenvalue weighted by molar-refractivity contribution is -0.180. The summed E-state index contributed by atoms with van der Waals surface area (Å²) in [5, 5.41) is 18.5. The molecule has 0 spiro atoms. The Bertz CT molecular complexity index is 1110. The number of rotatable bonds is 8. The van der Waals surface area contributed by atoms with Crippen molar-refractivity contribution in [3.05, 3.63) is 89.2 Å². The maximum absolute atomic E-state index is 14.6. The predicted octanol–water partition coefficient (Wildman–Crippen LogP) is 4.68. The fourth-order valence-electron chi connectivity index (χ4n) is 2.88. The fraction of sp³-hybridized carbons (Fsp3) is 0.174. The molecule has 0 bridgehead atoms. The van der Waals surface area contributed by atoms with Crippen LogP contribution in [-0.2, 0) is 11.4 Å². The van der Waals surface area contributed by atoms with Crippen LogP contribution in [0.4, 0.5) is 8.78 Å². The number of carbonyl (C=O) groups is 1. The number of carboxylic acids is 1. The number of ether oxygens (including phenoxy) is 2. The van der Waals surface area contributed by atoms with E-state index in [1.54, 1.807) is 43.5 Å². The number of nitrogens with zero attached hydrogens (tertiary/aromatic N) is 2. The van der Waals surface area contributed by atoms with Crippen molar-refractivity contribution in [2.24, 2.45) is 0 Å². The summed E-state index contributed by atoms with van der Waals surface area (Å²) in [6.07, 6.45) is -0.545. The third kappa shape index (κ3) is 4.95. The SMILES string of the molecule is Cc1ccccc1C(Oc1cc(OCc2ccccn2)ccc1C#N)C(F)(F)C(=O)O. The normalized spacial score (nSPS) is 11.9. The first-order chi connectivity index (χ1) is 14.8. The smallest absolute Gasteiger partial charge is 0.382 e. The number of pyridine rings is 1. The molecule has 3 rings (SSSR count). The summed E-state index contributed by atoms with van der Waals surface area (Å²) in [5.74, 6) is -6.54. The number of aromatic nitrogens is 1. The third-order valence-electron chi connectivity index (χ3n) is 4.52. The van der Waals surface area contributed by atoms with Gasteiger partial charge < -0.3 is 14.6 Å². The van der Waals surface area contributed by atoms with Crippen LogP contribution in [0.5, 0.6) is 11.5 Å². The van der Waals surface area contributed by atoms with Crippen molar-refractivity contribution in [3.8, 4) is 17.6 Å². The van der Waals surface area contributed by atoms with Crippen molar-refractivity contribution in [2.75, 3.05) is 0 Å². The highest BCUT2D eigenvalue weighted by Crippen LogP contribution is 2.39. The van der Waals surface area contributed by atoms with Crippen LogP contribution in [0.1, 0.15) is 28.5 Å². The van der Waals surface area contributed by atoms with Gasteiger partial charge >= 0.3 is 11.9 Å². The van der Waals surface area contributed by atoms with Gasteiger partial charge in [0.25, 0.3) is 0 Å². The zero-order chi connectivity index (χ0) is 22.4. The molecule has 0 radical (unpaired) electrons. The van der Waals surface area contributed by atoms with E-state index in [1.165, 1.54) is 30.3 Å². The Kier molecular flexibility index (Phi) is 6.46. The Morgan fingerprint density at radius 2 is 1.94 bits per heavy atom. The minimum absolute atomic E-state index is 0.00130. The molecule has 0 aliphatic heterocycles. The van der Waals surface area contributed by atoms with Crippen molar-refractivity contribution in [2.45, 2.75) is 25.6 Å². The highest BCUT2D eigenvalue weighted by Gasteiger charge is 2.51. The number of carboxylic acid groups (broad SMARTS) is 1. The molecule has 0 amide bonds. The van der Waals surface area contributed by atoms with Crippen LogP contribution in [-0.4, -0.2) is 22.0 Å². The van der Waals surface area contributed by atoms with Gasteiger partial charge in [-0.1, -0.05) is 30.3 Å². The van der Waals surface area contributed by atoms with Crippen LogP contribution in [0.15, 0.2) is 66.9 Å². The lowest BCUT2D eigenvalue weighted by Crippen LogP contribution is -2.39. The molecule has 1 aromatic heterocycles. The highest BCUT2D eigenvalue weighted by atomic mass is 19.3. The number of halogens is 2. The second kappa shape index (κ2) is 9.22. The molecule has 1 unspecified atom stereocenters. The number of benzene rings is 2. The molecule has 0 saturated carbocycles. The molecule has 6 nitrogen and oxygen atoms in total. The predicted molar refractivity (Wildman–Crippen MR) is 107 cm³/mol. The molecule has 0 aliphatic carbocycles. The number of nitriles is 1. The molecular formula is C23H18F2N2O4.